The lowest BCUT2D eigenvalue weighted by Gasteiger charge is -2.63. The van der Waals surface area contributed by atoms with Crippen molar-refractivity contribution in [2.75, 3.05) is 0 Å². The van der Waals surface area contributed by atoms with Gasteiger partial charge in [0.2, 0.25) is 0 Å². The van der Waals surface area contributed by atoms with Crippen LogP contribution < -0.4 is 0 Å². The number of fused-ring (bicyclic) bond motifs is 5. The van der Waals surface area contributed by atoms with E-state index in [9.17, 15) is 30.3 Å². The normalized spacial score (nSPS) is 49.9. The van der Waals surface area contributed by atoms with Gasteiger partial charge in [0.15, 0.2) is 0 Å². The molecule has 4 aliphatic rings. The number of carbonyl (C=O) groups is 1. The van der Waals surface area contributed by atoms with E-state index in [-0.39, 0.29) is 40.8 Å². The summed E-state index contributed by atoms with van der Waals surface area (Å²) in [6.07, 6.45) is 5.36. The van der Waals surface area contributed by atoms with Gasteiger partial charge in [-0.3, -0.25) is 4.79 Å². The molecular weight excluding hydrogens is 420 g/mol. The summed E-state index contributed by atoms with van der Waals surface area (Å²) in [5, 5.41) is 52.7. The van der Waals surface area contributed by atoms with Crippen LogP contribution in [0.25, 0.3) is 0 Å². The van der Waals surface area contributed by atoms with Crippen molar-refractivity contribution in [3.05, 3.63) is 0 Å². The van der Waals surface area contributed by atoms with Crippen molar-refractivity contribution in [1.29, 1.82) is 0 Å². The van der Waals surface area contributed by atoms with E-state index in [1.165, 1.54) is 0 Å². The Bertz CT molecular complexity index is 727. The molecule has 0 radical (unpaired) electrons. The van der Waals surface area contributed by atoms with Crippen molar-refractivity contribution in [3.63, 3.8) is 0 Å². The minimum absolute atomic E-state index is 0.0756. The van der Waals surface area contributed by atoms with Gasteiger partial charge in [0.25, 0.3) is 0 Å². The molecular formula is C27H46O6. The molecule has 5 N–H and O–H groups in total. The average Bonchev–Trinajstić information content (AvgIpc) is 3.11. The van der Waals surface area contributed by atoms with Gasteiger partial charge in [0, 0.05) is 0 Å². The van der Waals surface area contributed by atoms with Gasteiger partial charge in [-0.05, 0) is 111 Å². The maximum absolute atomic E-state index is 11.6. The van der Waals surface area contributed by atoms with Crippen LogP contribution >= 0.6 is 0 Å². The number of rotatable bonds is 6. The predicted molar refractivity (Wildman–Crippen MR) is 125 cm³/mol. The lowest BCUT2D eigenvalue weighted by Crippen LogP contribution is -2.62. The molecule has 0 aromatic heterocycles. The Balaban J connectivity index is 1.52. The Labute approximate surface area is 198 Å². The number of hydrogen-bond donors (Lipinski definition) is 5. The van der Waals surface area contributed by atoms with E-state index >= 15 is 0 Å². The molecule has 0 amide bonds. The Hall–Kier alpha value is -0.690. The largest absolute Gasteiger partial charge is 0.481 e. The second-order valence-corrected chi connectivity index (χ2v) is 12.8. The molecule has 4 fully saturated rings. The molecule has 33 heavy (non-hydrogen) atoms. The summed E-state index contributed by atoms with van der Waals surface area (Å²) >= 11 is 0. The van der Waals surface area contributed by atoms with Crippen molar-refractivity contribution in [3.8, 4) is 0 Å². The van der Waals surface area contributed by atoms with E-state index in [0.29, 0.717) is 24.2 Å². The molecule has 0 bridgehead atoms. The van der Waals surface area contributed by atoms with Crippen LogP contribution in [0, 0.1) is 52.3 Å². The zero-order valence-electron chi connectivity index (χ0n) is 20.9. The smallest absolute Gasteiger partial charge is 0.308 e. The van der Waals surface area contributed by atoms with E-state index in [2.05, 4.69) is 20.8 Å². The van der Waals surface area contributed by atoms with Gasteiger partial charge in [-0.1, -0.05) is 20.8 Å². The number of carboxylic acids is 1. The van der Waals surface area contributed by atoms with Crippen LogP contribution in [0.4, 0.5) is 0 Å². The molecule has 0 unspecified atom stereocenters. The third-order valence-corrected chi connectivity index (χ3v) is 11.4. The first-order valence-electron chi connectivity index (χ1n) is 13.4. The molecule has 13 atom stereocenters. The van der Waals surface area contributed by atoms with Crippen LogP contribution in [-0.4, -0.2) is 55.9 Å². The van der Waals surface area contributed by atoms with Crippen molar-refractivity contribution in [1.82, 2.24) is 0 Å². The van der Waals surface area contributed by atoms with Crippen LogP contribution in [0.5, 0.6) is 0 Å². The van der Waals surface area contributed by atoms with Crippen LogP contribution in [-0.2, 0) is 4.79 Å². The number of aliphatic hydroxyl groups excluding tert-OH is 4. The summed E-state index contributed by atoms with van der Waals surface area (Å²) in [6.45, 7) is 8.32. The highest BCUT2D eigenvalue weighted by molar-refractivity contribution is 5.70. The molecule has 0 heterocycles. The van der Waals surface area contributed by atoms with Gasteiger partial charge in [0.05, 0.1) is 30.3 Å². The molecule has 6 nitrogen and oxygen atoms in total. The fourth-order valence-corrected chi connectivity index (χ4v) is 9.18. The molecule has 4 saturated carbocycles. The minimum atomic E-state index is -0.967. The van der Waals surface area contributed by atoms with Gasteiger partial charge in [-0.15, -0.1) is 0 Å². The molecule has 0 aliphatic heterocycles. The lowest BCUT2D eigenvalue weighted by molar-refractivity contribution is -0.207. The number of aliphatic carboxylic acids is 1. The van der Waals surface area contributed by atoms with E-state index in [0.717, 1.165) is 51.4 Å². The van der Waals surface area contributed by atoms with E-state index in [1.807, 2.05) is 0 Å². The van der Waals surface area contributed by atoms with Crippen molar-refractivity contribution < 1.29 is 30.3 Å². The summed E-state index contributed by atoms with van der Waals surface area (Å²) in [4.78, 5) is 11.2. The Morgan fingerprint density at radius 2 is 1.67 bits per heavy atom. The zero-order chi connectivity index (χ0) is 24.3. The summed E-state index contributed by atoms with van der Waals surface area (Å²) in [5.74, 6) is -0.0734. The highest BCUT2D eigenvalue weighted by Gasteiger charge is 2.65. The molecule has 6 heteroatoms. The number of aliphatic hydroxyl groups is 4. The number of carboxylic acid groups (broad SMARTS) is 1. The van der Waals surface area contributed by atoms with E-state index in [4.69, 9.17) is 0 Å². The predicted octanol–water partition coefficient (Wildman–Crippen LogP) is 3.45. The van der Waals surface area contributed by atoms with Gasteiger partial charge >= 0.3 is 5.97 Å². The Morgan fingerprint density at radius 1 is 0.970 bits per heavy atom. The topological polar surface area (TPSA) is 118 Å². The van der Waals surface area contributed by atoms with Gasteiger partial charge < -0.3 is 25.5 Å². The highest BCUT2D eigenvalue weighted by atomic mass is 16.4. The van der Waals surface area contributed by atoms with Crippen LogP contribution in [0.15, 0.2) is 0 Å². The molecule has 4 rings (SSSR count). The zero-order valence-corrected chi connectivity index (χ0v) is 20.9. The van der Waals surface area contributed by atoms with Crippen molar-refractivity contribution in [2.24, 2.45) is 52.3 Å². The van der Waals surface area contributed by atoms with E-state index in [1.54, 1.807) is 6.92 Å². The molecule has 0 spiro atoms. The highest BCUT2D eigenvalue weighted by Crippen LogP contribution is 2.68. The van der Waals surface area contributed by atoms with Gasteiger partial charge in [-0.25, -0.2) is 0 Å². The minimum Gasteiger partial charge on any atom is -0.481 e. The molecule has 0 saturated heterocycles. The second kappa shape index (κ2) is 9.07. The number of hydrogen-bond acceptors (Lipinski definition) is 5. The first-order chi connectivity index (χ1) is 15.4. The first kappa shape index (κ1) is 25.4. The fourth-order valence-electron chi connectivity index (χ4n) is 9.18. The quantitative estimate of drug-likeness (QED) is 0.409. The third-order valence-electron chi connectivity index (χ3n) is 11.4. The Morgan fingerprint density at radius 3 is 2.33 bits per heavy atom. The third kappa shape index (κ3) is 4.07. The van der Waals surface area contributed by atoms with Crippen LogP contribution in [0.2, 0.25) is 0 Å². The lowest BCUT2D eigenvalue weighted by atomic mass is 9.43. The standard InChI is InChI=1S/C27H46O6/c1-14(5-8-21(29)15(2)25(32)33)18-6-7-19-24-20(13-23(31)27(18,19)4)26(3)10-9-17(28)11-16(26)12-22(24)30/h14-24,28-31H,5-13H2,1-4H3,(H,32,33)/t14-,15-,16-,17-,18-,19+,20+,21+,22-,23+,24+,26+,27-/m1/s1. The summed E-state index contributed by atoms with van der Waals surface area (Å²) < 4.78 is 0. The second-order valence-electron chi connectivity index (χ2n) is 12.8. The van der Waals surface area contributed by atoms with Gasteiger partial charge in [-0.2, -0.15) is 0 Å². The SMILES string of the molecule is C[C@H](CC[C@H](O)[C@@H](C)C(=O)O)[C@H]1CC[C@H]2[C@@H]3[C@H](O)C[C@H]4C[C@H](O)CC[C@]4(C)[C@H]3C[C@H](O)[C@]12C. The van der Waals surface area contributed by atoms with Crippen molar-refractivity contribution >= 4 is 5.97 Å². The van der Waals surface area contributed by atoms with Crippen LogP contribution in [0.1, 0.15) is 85.5 Å². The average molecular weight is 467 g/mol. The summed E-state index contributed by atoms with van der Waals surface area (Å²) in [6, 6.07) is 0. The van der Waals surface area contributed by atoms with E-state index < -0.39 is 24.1 Å². The van der Waals surface area contributed by atoms with Gasteiger partial charge in [0.1, 0.15) is 0 Å². The summed E-state index contributed by atoms with van der Waals surface area (Å²) in [7, 11) is 0. The van der Waals surface area contributed by atoms with Crippen LogP contribution in [0.3, 0.4) is 0 Å². The molecule has 4 aliphatic carbocycles. The first-order valence-corrected chi connectivity index (χ1v) is 13.4. The maximum atomic E-state index is 11.6. The maximum Gasteiger partial charge on any atom is 0.308 e. The molecule has 0 aromatic carbocycles. The molecule has 0 aromatic rings. The summed E-state index contributed by atoms with van der Waals surface area (Å²) in [5.41, 5.74) is -0.186. The fraction of sp³-hybridized carbons (Fsp3) is 0.963. The molecule has 190 valence electrons. The van der Waals surface area contributed by atoms with Crippen molar-refractivity contribution in [2.45, 2.75) is 110 Å². The Kier molecular flexibility index (Phi) is 6.98. The monoisotopic (exact) mass is 466 g/mol.